The largest absolute Gasteiger partial charge is 0.509 e. The van der Waals surface area contributed by atoms with Crippen molar-refractivity contribution in [3.63, 3.8) is 0 Å². The second-order valence-electron chi connectivity index (χ2n) is 0.807. The summed E-state index contributed by atoms with van der Waals surface area (Å²) in [5.74, 6) is 0.0324. The van der Waals surface area contributed by atoms with Crippen LogP contribution in [0.3, 0.4) is 0 Å². The number of hydrogen-bond donors (Lipinski definition) is 2. The topological polar surface area (TPSA) is 20.2 Å². The Bertz CT molecular complexity index is 75.6. The molecule has 0 aliphatic carbocycles. The van der Waals surface area contributed by atoms with E-state index in [0.717, 1.165) is 0 Å². The Balaban J connectivity index is 3.30. The van der Waals surface area contributed by atoms with Gasteiger partial charge < -0.3 is 5.11 Å². The number of thiol groups is 1. The van der Waals surface area contributed by atoms with Crippen LogP contribution in [0.1, 0.15) is 0 Å². The molecule has 0 rings (SSSR count). The van der Waals surface area contributed by atoms with Crippen LogP contribution in [0.4, 0.5) is 0 Å². The van der Waals surface area contributed by atoms with E-state index in [1.807, 2.05) is 0 Å². The van der Waals surface area contributed by atoms with Crippen molar-refractivity contribution in [2.45, 2.75) is 0 Å². The molecule has 0 saturated heterocycles. The van der Waals surface area contributed by atoms with E-state index in [4.69, 9.17) is 5.11 Å². The maximum absolute atomic E-state index is 8.22. The first-order valence-electron chi connectivity index (χ1n) is 1.46. The lowest BCUT2D eigenvalue weighted by Crippen LogP contribution is -1.61. The predicted molar refractivity (Wildman–Crippen MR) is 29.9 cm³/mol. The fraction of sp³-hybridized carbons (Fsp3) is 0. The molecule has 0 aromatic carbocycles. The van der Waals surface area contributed by atoms with Crippen molar-refractivity contribution in [1.82, 2.24) is 0 Å². The van der Waals surface area contributed by atoms with Gasteiger partial charge in [-0.15, -0.1) is 0 Å². The summed E-state index contributed by atoms with van der Waals surface area (Å²) in [6, 6.07) is 0. The summed E-state index contributed by atoms with van der Waals surface area (Å²) in [5.41, 5.74) is 0. The van der Waals surface area contributed by atoms with Crippen molar-refractivity contribution in [2.75, 3.05) is 0 Å². The molecule has 0 aliphatic heterocycles. The Morgan fingerprint density at radius 3 is 2.33 bits per heavy atom. The Kier molecular flexibility index (Phi) is 2.67. The van der Waals surface area contributed by atoms with Crippen molar-refractivity contribution >= 4 is 12.6 Å². The first-order chi connectivity index (χ1) is 2.77. The van der Waals surface area contributed by atoms with Gasteiger partial charge in [0.1, 0.15) is 5.76 Å². The molecule has 0 fully saturated rings. The summed E-state index contributed by atoms with van der Waals surface area (Å²) < 4.78 is 0. The van der Waals surface area contributed by atoms with Crippen LogP contribution in [0.2, 0.25) is 0 Å². The minimum absolute atomic E-state index is 0.0324. The van der Waals surface area contributed by atoms with E-state index >= 15 is 0 Å². The molecule has 0 atom stereocenters. The molecular formula is C4H6OS. The minimum Gasteiger partial charge on any atom is -0.509 e. The van der Waals surface area contributed by atoms with Gasteiger partial charge in [-0.25, -0.2) is 0 Å². The summed E-state index contributed by atoms with van der Waals surface area (Å²) in [6.07, 6.45) is 1.39. The molecule has 0 unspecified atom stereocenters. The SMILES string of the molecule is C=C(O)/C=C/S. The highest BCUT2D eigenvalue weighted by Gasteiger charge is 1.67. The van der Waals surface area contributed by atoms with E-state index in [1.54, 1.807) is 0 Å². The summed E-state index contributed by atoms with van der Waals surface area (Å²) >= 11 is 3.66. The maximum Gasteiger partial charge on any atom is 0.108 e. The van der Waals surface area contributed by atoms with Crippen LogP contribution in [0.5, 0.6) is 0 Å². The van der Waals surface area contributed by atoms with Gasteiger partial charge in [0.15, 0.2) is 0 Å². The normalized spacial score (nSPS) is 9.50. The summed E-state index contributed by atoms with van der Waals surface area (Å²) in [7, 11) is 0. The first-order valence-corrected chi connectivity index (χ1v) is 1.97. The number of allylic oxidation sites excluding steroid dienone is 1. The van der Waals surface area contributed by atoms with Gasteiger partial charge in [0.25, 0.3) is 0 Å². The number of hydrogen-bond acceptors (Lipinski definition) is 2. The Labute approximate surface area is 42.4 Å². The molecule has 1 nitrogen and oxygen atoms in total. The van der Waals surface area contributed by atoms with Gasteiger partial charge in [-0.05, 0) is 11.5 Å². The highest BCUT2D eigenvalue weighted by Crippen LogP contribution is 1.84. The van der Waals surface area contributed by atoms with E-state index in [9.17, 15) is 0 Å². The van der Waals surface area contributed by atoms with Crippen molar-refractivity contribution in [3.05, 3.63) is 23.8 Å². The van der Waals surface area contributed by atoms with Gasteiger partial charge in [-0.2, -0.15) is 12.6 Å². The van der Waals surface area contributed by atoms with Gasteiger partial charge in [-0.1, -0.05) is 6.58 Å². The predicted octanol–water partition coefficient (Wildman–Crippen LogP) is 1.50. The molecule has 0 spiro atoms. The first kappa shape index (κ1) is 5.63. The fourth-order valence-electron chi connectivity index (χ4n) is 0.0860. The molecule has 0 radical (unpaired) electrons. The van der Waals surface area contributed by atoms with Crippen LogP contribution in [0.15, 0.2) is 23.8 Å². The molecule has 0 bridgehead atoms. The van der Waals surface area contributed by atoms with Crippen LogP contribution >= 0.6 is 12.6 Å². The van der Waals surface area contributed by atoms with Gasteiger partial charge in [0.05, 0.1) is 0 Å². The highest BCUT2D eigenvalue weighted by molar-refractivity contribution is 7.83. The molecule has 0 heterocycles. The highest BCUT2D eigenvalue weighted by atomic mass is 32.1. The molecule has 0 aromatic heterocycles. The van der Waals surface area contributed by atoms with Gasteiger partial charge >= 0.3 is 0 Å². The molecule has 0 aromatic rings. The summed E-state index contributed by atoms with van der Waals surface area (Å²) in [4.78, 5) is 0. The zero-order valence-corrected chi connectivity index (χ0v) is 4.15. The van der Waals surface area contributed by atoms with E-state index in [0.29, 0.717) is 0 Å². The smallest absolute Gasteiger partial charge is 0.108 e. The number of aliphatic hydroxyl groups excluding tert-OH is 1. The van der Waals surface area contributed by atoms with Crippen LogP contribution in [-0.4, -0.2) is 5.11 Å². The zero-order valence-electron chi connectivity index (χ0n) is 3.26. The number of aliphatic hydroxyl groups is 1. The summed E-state index contributed by atoms with van der Waals surface area (Å²) in [5, 5.41) is 9.64. The fourth-order valence-corrected chi connectivity index (χ4v) is 0.258. The lowest BCUT2D eigenvalue weighted by atomic mass is 10.6. The van der Waals surface area contributed by atoms with E-state index in [-0.39, 0.29) is 5.76 Å². The zero-order chi connectivity index (χ0) is 4.99. The second kappa shape index (κ2) is 2.85. The molecule has 1 N–H and O–H groups in total. The molecule has 0 aliphatic rings. The summed E-state index contributed by atoms with van der Waals surface area (Å²) in [6.45, 7) is 3.16. The molecule has 0 amide bonds. The van der Waals surface area contributed by atoms with Crippen LogP contribution < -0.4 is 0 Å². The quantitative estimate of drug-likeness (QED) is 0.292. The molecule has 0 saturated carbocycles. The van der Waals surface area contributed by atoms with Crippen LogP contribution in [-0.2, 0) is 0 Å². The average Bonchev–Trinajstić information content (AvgIpc) is 1.35. The van der Waals surface area contributed by atoms with Crippen LogP contribution in [0, 0.1) is 0 Å². The van der Waals surface area contributed by atoms with Gasteiger partial charge in [0, 0.05) is 0 Å². The third-order valence-corrected chi connectivity index (χ3v) is 0.416. The molecule has 34 valence electrons. The Hall–Kier alpha value is -0.370. The Morgan fingerprint density at radius 2 is 2.33 bits per heavy atom. The van der Waals surface area contributed by atoms with Crippen molar-refractivity contribution in [1.29, 1.82) is 0 Å². The standard InChI is InChI=1S/C4H6OS/c1-4(5)2-3-6/h2-3,5-6H,1H2/b3-2+. The molecular weight excluding hydrogens is 96.1 g/mol. The van der Waals surface area contributed by atoms with Crippen molar-refractivity contribution < 1.29 is 5.11 Å². The van der Waals surface area contributed by atoms with Gasteiger partial charge in [-0.3, -0.25) is 0 Å². The third-order valence-electron chi connectivity index (χ3n) is 0.267. The lowest BCUT2D eigenvalue weighted by Gasteiger charge is -1.76. The minimum atomic E-state index is 0.0324. The van der Waals surface area contributed by atoms with Crippen molar-refractivity contribution in [2.24, 2.45) is 0 Å². The maximum atomic E-state index is 8.22. The monoisotopic (exact) mass is 102 g/mol. The molecule has 2 heteroatoms. The van der Waals surface area contributed by atoms with Crippen molar-refractivity contribution in [3.8, 4) is 0 Å². The van der Waals surface area contributed by atoms with E-state index in [1.165, 1.54) is 11.5 Å². The van der Waals surface area contributed by atoms with Gasteiger partial charge in [0.2, 0.25) is 0 Å². The van der Waals surface area contributed by atoms with E-state index in [2.05, 4.69) is 19.2 Å². The third kappa shape index (κ3) is 3.63. The Morgan fingerprint density at radius 1 is 1.83 bits per heavy atom. The molecule has 6 heavy (non-hydrogen) atoms. The number of rotatable bonds is 1. The second-order valence-corrected chi connectivity index (χ2v) is 1.11. The van der Waals surface area contributed by atoms with E-state index < -0.39 is 0 Å². The lowest BCUT2D eigenvalue weighted by molar-refractivity contribution is 0.435. The van der Waals surface area contributed by atoms with Crippen LogP contribution in [0.25, 0.3) is 0 Å². The average molecular weight is 102 g/mol.